The van der Waals surface area contributed by atoms with Crippen molar-refractivity contribution in [3.63, 3.8) is 0 Å². The van der Waals surface area contributed by atoms with Crippen LogP contribution in [0.25, 0.3) is 0 Å². The molecule has 0 unspecified atom stereocenters. The Labute approximate surface area is 61.5 Å². The van der Waals surface area contributed by atoms with Crippen molar-refractivity contribution in [2.45, 2.75) is 19.8 Å². The largest absolute Gasteiger partial charge is 0.313 e. The molecule has 0 aliphatic carbocycles. The molecule has 0 bridgehead atoms. The maximum Gasteiger partial charge on any atom is 0.0616 e. The highest BCUT2D eigenvalue weighted by atomic mass is 33.1. The molecule has 0 spiro atoms. The van der Waals surface area contributed by atoms with Gasteiger partial charge in [0.05, 0.1) is 6.61 Å². The third kappa shape index (κ3) is 6.75. The summed E-state index contributed by atoms with van der Waals surface area (Å²) in [4.78, 5) is 0. The molecule has 0 N–H and O–H groups in total. The summed E-state index contributed by atoms with van der Waals surface area (Å²) in [7, 11) is -0.945. The number of hydrogen-bond acceptors (Lipinski definition) is 3. The van der Waals surface area contributed by atoms with Crippen LogP contribution >= 0.6 is 0 Å². The first-order chi connectivity index (χ1) is 3.77. The molecule has 0 aromatic carbocycles. The third-order valence-electron chi connectivity index (χ3n) is 0.695. The Morgan fingerprint density at radius 3 is 2.50 bits per heavy atom. The van der Waals surface area contributed by atoms with E-state index in [9.17, 15) is 0 Å². The van der Waals surface area contributed by atoms with E-state index in [1.165, 1.54) is 0 Å². The average molecular weight is 170 g/mol. The first-order valence-electron chi connectivity index (χ1n) is 2.54. The number of thiol groups is 1. The number of unbranched alkanes of at least 4 members (excludes halogenated alkanes) is 1. The Bertz CT molecular complexity index is 99.9. The standard InChI is InChI=1S/C4H10OS3/c1-2-3-4-5-8(6)7/h8H,2-4H2,1H3. The second-order valence-corrected chi connectivity index (χ2v) is 4.80. The van der Waals surface area contributed by atoms with Crippen molar-refractivity contribution in [3.05, 3.63) is 0 Å². The minimum atomic E-state index is -0.945. The summed E-state index contributed by atoms with van der Waals surface area (Å²) in [5.41, 5.74) is 0. The van der Waals surface area contributed by atoms with E-state index in [0.717, 1.165) is 19.4 Å². The Kier molecular flexibility index (Phi) is 6.43. The highest BCUT2D eigenvalue weighted by Gasteiger charge is 1.79. The predicted molar refractivity (Wildman–Crippen MR) is 44.4 cm³/mol. The van der Waals surface area contributed by atoms with Crippen molar-refractivity contribution in [2.75, 3.05) is 6.61 Å². The lowest BCUT2D eigenvalue weighted by molar-refractivity contribution is 0.365. The van der Waals surface area contributed by atoms with Crippen LogP contribution in [0.4, 0.5) is 0 Å². The maximum atomic E-state index is 4.98. The van der Waals surface area contributed by atoms with Crippen molar-refractivity contribution in [1.82, 2.24) is 0 Å². The van der Waals surface area contributed by atoms with E-state index in [1.807, 2.05) is 0 Å². The van der Waals surface area contributed by atoms with E-state index in [2.05, 4.69) is 29.3 Å². The van der Waals surface area contributed by atoms with Crippen molar-refractivity contribution >= 4 is 30.7 Å². The summed E-state index contributed by atoms with van der Waals surface area (Å²) >= 11 is 9.30. The van der Waals surface area contributed by atoms with Gasteiger partial charge in [-0.25, -0.2) is 0 Å². The lowest BCUT2D eigenvalue weighted by Gasteiger charge is -1.92. The van der Waals surface area contributed by atoms with Crippen LogP contribution in [-0.2, 0) is 34.9 Å². The van der Waals surface area contributed by atoms with Crippen molar-refractivity contribution in [2.24, 2.45) is 0 Å². The molecule has 1 nitrogen and oxygen atoms in total. The predicted octanol–water partition coefficient (Wildman–Crippen LogP) is 0.992. The first kappa shape index (κ1) is 8.75. The third-order valence-corrected chi connectivity index (χ3v) is 1.72. The van der Waals surface area contributed by atoms with Gasteiger partial charge in [0.25, 0.3) is 0 Å². The number of rotatable bonds is 4. The normalized spacial score (nSPS) is 10.2. The zero-order chi connectivity index (χ0) is 6.41. The van der Waals surface area contributed by atoms with Crippen LogP contribution in [0.5, 0.6) is 0 Å². The first-order valence-corrected chi connectivity index (χ1v) is 5.83. The van der Waals surface area contributed by atoms with Gasteiger partial charge in [0.2, 0.25) is 0 Å². The molecule has 0 atom stereocenters. The summed E-state index contributed by atoms with van der Waals surface area (Å²) in [5.74, 6) is 0. The average Bonchev–Trinajstić information content (AvgIpc) is 1.66. The summed E-state index contributed by atoms with van der Waals surface area (Å²) in [6.07, 6.45) is 2.22. The van der Waals surface area contributed by atoms with Gasteiger partial charge in [-0.15, -0.1) is 0 Å². The Morgan fingerprint density at radius 1 is 1.50 bits per heavy atom. The molecular formula is C4H10OS3. The minimum absolute atomic E-state index is 0.745. The van der Waals surface area contributed by atoms with Gasteiger partial charge in [0.15, 0.2) is 0 Å². The van der Waals surface area contributed by atoms with Gasteiger partial charge in [0, 0.05) is 8.29 Å². The fourth-order valence-corrected chi connectivity index (χ4v) is 1.01. The van der Waals surface area contributed by atoms with Crippen LogP contribution in [-0.4, -0.2) is 6.61 Å². The van der Waals surface area contributed by atoms with Gasteiger partial charge in [0.1, 0.15) is 0 Å². The fraction of sp³-hybridized carbons (Fsp3) is 1.00. The monoisotopic (exact) mass is 170 g/mol. The second kappa shape index (κ2) is 5.88. The molecule has 0 amide bonds. The smallest absolute Gasteiger partial charge is 0.0616 e. The molecular weight excluding hydrogens is 160 g/mol. The molecule has 0 fully saturated rings. The van der Waals surface area contributed by atoms with Crippen molar-refractivity contribution < 1.29 is 4.18 Å². The van der Waals surface area contributed by atoms with E-state index in [0.29, 0.717) is 0 Å². The zero-order valence-electron chi connectivity index (χ0n) is 4.79. The highest BCUT2D eigenvalue weighted by molar-refractivity contribution is 8.44. The second-order valence-electron chi connectivity index (χ2n) is 1.41. The van der Waals surface area contributed by atoms with E-state index >= 15 is 0 Å². The molecule has 0 aromatic heterocycles. The minimum Gasteiger partial charge on any atom is -0.313 e. The summed E-state index contributed by atoms with van der Waals surface area (Å²) in [6, 6.07) is 0. The molecule has 0 aliphatic rings. The van der Waals surface area contributed by atoms with Crippen LogP contribution in [0.2, 0.25) is 0 Å². The lowest BCUT2D eigenvalue weighted by atomic mass is 10.4. The molecule has 50 valence electrons. The van der Waals surface area contributed by atoms with Crippen LogP contribution < -0.4 is 0 Å². The van der Waals surface area contributed by atoms with Crippen molar-refractivity contribution in [1.29, 1.82) is 0 Å². The summed E-state index contributed by atoms with van der Waals surface area (Å²) < 4.78 is 4.98. The van der Waals surface area contributed by atoms with Crippen LogP contribution in [0, 0.1) is 0 Å². The molecule has 0 aliphatic heterocycles. The van der Waals surface area contributed by atoms with Gasteiger partial charge in [-0.05, 0) is 28.8 Å². The Balaban J connectivity index is 2.94. The van der Waals surface area contributed by atoms with Crippen LogP contribution in [0.15, 0.2) is 0 Å². The Morgan fingerprint density at radius 2 is 2.12 bits per heavy atom. The molecule has 0 radical (unpaired) electrons. The highest BCUT2D eigenvalue weighted by Crippen LogP contribution is 1.86. The van der Waals surface area contributed by atoms with E-state index in [4.69, 9.17) is 4.18 Å². The van der Waals surface area contributed by atoms with Crippen LogP contribution in [0.1, 0.15) is 19.8 Å². The molecule has 0 heterocycles. The molecule has 0 aromatic rings. The molecule has 0 saturated carbocycles. The summed E-state index contributed by atoms with van der Waals surface area (Å²) in [6.45, 7) is 2.85. The summed E-state index contributed by atoms with van der Waals surface area (Å²) in [5, 5.41) is 0. The molecule has 4 heteroatoms. The van der Waals surface area contributed by atoms with Gasteiger partial charge in [-0.2, -0.15) is 0 Å². The molecule has 0 rings (SSSR count). The van der Waals surface area contributed by atoms with E-state index in [-0.39, 0.29) is 0 Å². The van der Waals surface area contributed by atoms with E-state index in [1.54, 1.807) is 0 Å². The lowest BCUT2D eigenvalue weighted by Crippen LogP contribution is -1.88. The van der Waals surface area contributed by atoms with Gasteiger partial charge in [-0.3, -0.25) is 0 Å². The van der Waals surface area contributed by atoms with Crippen molar-refractivity contribution in [3.8, 4) is 0 Å². The Hall–Kier alpha value is 0.750. The molecule has 0 saturated heterocycles. The molecule has 8 heavy (non-hydrogen) atoms. The van der Waals surface area contributed by atoms with Gasteiger partial charge >= 0.3 is 0 Å². The zero-order valence-corrected chi connectivity index (χ0v) is 7.32. The van der Waals surface area contributed by atoms with Crippen LogP contribution in [0.3, 0.4) is 0 Å². The van der Waals surface area contributed by atoms with E-state index < -0.39 is 8.29 Å². The maximum absolute atomic E-state index is 4.98. The fourth-order valence-electron chi connectivity index (χ4n) is 0.283. The topological polar surface area (TPSA) is 9.23 Å². The van der Waals surface area contributed by atoms with Gasteiger partial charge in [-0.1, -0.05) is 13.3 Å². The number of hydrogen-bond donors (Lipinski definition) is 1. The quantitative estimate of drug-likeness (QED) is 0.498. The SMILES string of the molecule is CCCCO[SH](=S)=S. The van der Waals surface area contributed by atoms with Gasteiger partial charge < -0.3 is 4.18 Å².